The summed E-state index contributed by atoms with van der Waals surface area (Å²) >= 11 is 11.9. The average Bonchev–Trinajstić information content (AvgIpc) is 3.59. The molecular weight excluding hydrogens is 679 g/mol. The zero-order valence-electron chi connectivity index (χ0n) is 28.3. The first kappa shape index (κ1) is 39.7. The third-order valence-corrected chi connectivity index (χ3v) is 7.93. The van der Waals surface area contributed by atoms with E-state index in [0.717, 1.165) is 24.0 Å². The minimum Gasteiger partial charge on any atom is -0.478 e. The Kier molecular flexibility index (Phi) is 15.4. The zero-order chi connectivity index (χ0) is 36.8. The van der Waals surface area contributed by atoms with E-state index in [9.17, 15) is 9.90 Å². The van der Waals surface area contributed by atoms with Crippen molar-refractivity contribution in [2.75, 3.05) is 0 Å². The number of nitrogens with zero attached hydrogens (tertiary/aromatic N) is 3. The van der Waals surface area contributed by atoms with Crippen LogP contribution in [-0.2, 0) is 26.1 Å². The molecule has 0 radical (unpaired) electrons. The zero-order valence-corrected chi connectivity index (χ0v) is 29.9. The van der Waals surface area contributed by atoms with Crippen LogP contribution in [0.4, 0.5) is 0 Å². The lowest BCUT2D eigenvalue weighted by atomic mass is 10.0. The number of carboxylic acid groups (broad SMARTS) is 1. The number of aliphatic hydroxyl groups excluding tert-OH is 2. The van der Waals surface area contributed by atoms with E-state index in [0.29, 0.717) is 55.9 Å². The van der Waals surface area contributed by atoms with Crippen molar-refractivity contribution in [3.05, 3.63) is 128 Å². The molecule has 0 aliphatic carbocycles. The molecule has 0 unspecified atom stereocenters. The minimum atomic E-state index is -0.865. The highest BCUT2D eigenvalue weighted by Crippen LogP contribution is 2.27. The molecule has 50 heavy (non-hydrogen) atoms. The number of aromatic carboxylic acids is 1. The highest BCUT2D eigenvalue weighted by Gasteiger charge is 2.12. The number of aliphatic hydroxyl groups is 2. The van der Waals surface area contributed by atoms with Crippen LogP contribution in [0.3, 0.4) is 0 Å². The van der Waals surface area contributed by atoms with Crippen molar-refractivity contribution in [1.82, 2.24) is 10.1 Å². The molecule has 1 aromatic heterocycles. The van der Waals surface area contributed by atoms with Gasteiger partial charge < -0.3 is 30.8 Å². The molecule has 1 heterocycles. The number of halogens is 2. The van der Waals surface area contributed by atoms with Crippen molar-refractivity contribution in [3.63, 3.8) is 0 Å². The first-order chi connectivity index (χ1) is 23.8. The van der Waals surface area contributed by atoms with Crippen LogP contribution >= 0.6 is 23.2 Å². The van der Waals surface area contributed by atoms with E-state index in [1.165, 1.54) is 17.2 Å². The molecule has 0 saturated carbocycles. The largest absolute Gasteiger partial charge is 0.478 e. The van der Waals surface area contributed by atoms with Crippen LogP contribution in [-0.4, -0.2) is 42.5 Å². The summed E-state index contributed by atoms with van der Waals surface area (Å²) in [5, 5.41) is 42.8. The van der Waals surface area contributed by atoms with Crippen LogP contribution in [0.5, 0.6) is 0 Å². The van der Waals surface area contributed by atoms with Crippen LogP contribution in [0, 0.1) is 11.8 Å². The first-order valence-corrected chi connectivity index (χ1v) is 16.6. The average molecular weight is 722 g/mol. The number of rotatable bonds is 10. The lowest BCUT2D eigenvalue weighted by molar-refractivity contribution is 0.0697. The Morgan fingerprint density at radius 2 is 1.24 bits per heavy atom. The summed E-state index contributed by atoms with van der Waals surface area (Å²) in [4.78, 5) is 15.0. The standard InChI is InChI=1S/C19H19ClN2O2.C11H14O2.C8H9ClN2O2/c1-12(2)9-13-3-5-14(6-4-13)19-21-18(22-24-19)15-7-8-16(11-23)17(20)10-15;1-8(2)7-9-3-5-10(6-4-9)11(12)13;9-7-3-5(8(10)11-13)1-2-6(7)4-12/h3-8,10,12,23H,9,11H2,1-2H3;3-6,8H,7H2,1-2H3,(H,12,13);1-3,12-13H,4H2,(H2,10,11). The Labute approximate surface area is 301 Å². The van der Waals surface area contributed by atoms with Crippen molar-refractivity contribution < 1.29 is 29.8 Å². The molecule has 264 valence electrons. The summed E-state index contributed by atoms with van der Waals surface area (Å²) in [6.07, 6.45) is 2.05. The maximum Gasteiger partial charge on any atom is 0.335 e. The Balaban J connectivity index is 0.000000221. The summed E-state index contributed by atoms with van der Waals surface area (Å²) in [7, 11) is 0. The molecule has 5 aromatic rings. The van der Waals surface area contributed by atoms with E-state index in [4.69, 9.17) is 48.9 Å². The van der Waals surface area contributed by atoms with Gasteiger partial charge in [0.05, 0.1) is 18.8 Å². The second-order valence-electron chi connectivity index (χ2n) is 12.2. The molecule has 0 atom stereocenters. The predicted molar refractivity (Wildman–Crippen MR) is 196 cm³/mol. The Hall–Kier alpha value is -4.74. The van der Waals surface area contributed by atoms with Crippen molar-refractivity contribution in [3.8, 4) is 22.8 Å². The van der Waals surface area contributed by atoms with E-state index in [-0.39, 0.29) is 19.0 Å². The molecule has 10 nitrogen and oxygen atoms in total. The number of hydrogen-bond donors (Lipinski definition) is 5. The number of aromatic nitrogens is 2. The topological polar surface area (TPSA) is 175 Å². The molecule has 6 N–H and O–H groups in total. The number of oxime groups is 1. The fourth-order valence-electron chi connectivity index (χ4n) is 4.67. The molecule has 0 amide bonds. The summed E-state index contributed by atoms with van der Waals surface area (Å²) in [5.74, 6) is 1.31. The van der Waals surface area contributed by atoms with Gasteiger partial charge in [-0.1, -0.05) is 110 Å². The molecular formula is C38H42Cl2N4O6. The van der Waals surface area contributed by atoms with Crippen molar-refractivity contribution in [2.24, 2.45) is 22.7 Å². The number of nitrogens with two attached hydrogens (primary N) is 1. The maximum atomic E-state index is 10.5. The van der Waals surface area contributed by atoms with Gasteiger partial charge in [0.1, 0.15) is 0 Å². The lowest BCUT2D eigenvalue weighted by Gasteiger charge is -2.04. The van der Waals surface area contributed by atoms with Gasteiger partial charge in [0.2, 0.25) is 5.82 Å². The molecule has 5 rings (SSSR count). The van der Waals surface area contributed by atoms with Gasteiger partial charge in [0, 0.05) is 26.7 Å². The van der Waals surface area contributed by atoms with Crippen molar-refractivity contribution in [1.29, 1.82) is 0 Å². The molecule has 0 saturated heterocycles. The van der Waals surface area contributed by atoms with Gasteiger partial charge in [0.15, 0.2) is 5.84 Å². The van der Waals surface area contributed by atoms with Gasteiger partial charge in [-0.2, -0.15) is 4.98 Å². The summed E-state index contributed by atoms with van der Waals surface area (Å²) in [6.45, 7) is 8.46. The molecule has 0 spiro atoms. The predicted octanol–water partition coefficient (Wildman–Crippen LogP) is 8.26. The molecule has 0 bridgehead atoms. The maximum absolute atomic E-state index is 10.5. The van der Waals surface area contributed by atoms with Gasteiger partial charge in [-0.25, -0.2) is 4.79 Å². The lowest BCUT2D eigenvalue weighted by Crippen LogP contribution is -2.13. The third kappa shape index (κ3) is 12.0. The van der Waals surface area contributed by atoms with E-state index in [1.54, 1.807) is 36.4 Å². The molecule has 0 aliphatic heterocycles. The first-order valence-electron chi connectivity index (χ1n) is 15.9. The fourth-order valence-corrected chi connectivity index (χ4v) is 5.16. The molecule has 12 heteroatoms. The Morgan fingerprint density at radius 3 is 1.70 bits per heavy atom. The number of carboxylic acids is 1. The van der Waals surface area contributed by atoms with Crippen LogP contribution in [0.1, 0.15) is 65.9 Å². The van der Waals surface area contributed by atoms with Crippen LogP contribution in [0.2, 0.25) is 10.0 Å². The second-order valence-corrected chi connectivity index (χ2v) is 13.0. The van der Waals surface area contributed by atoms with Crippen LogP contribution in [0.25, 0.3) is 22.8 Å². The molecule has 0 aliphatic rings. The van der Waals surface area contributed by atoms with Crippen LogP contribution < -0.4 is 5.73 Å². The van der Waals surface area contributed by atoms with Crippen molar-refractivity contribution >= 4 is 35.0 Å². The SMILES string of the molecule is CC(C)Cc1ccc(-c2nc(-c3ccc(CO)c(Cl)c3)no2)cc1.CC(C)Cc1ccc(C(=O)O)cc1.N/C(=N\O)c1ccc(CO)c(Cl)c1. The summed E-state index contributed by atoms with van der Waals surface area (Å²) in [5.41, 5.74) is 11.6. The van der Waals surface area contributed by atoms with Crippen LogP contribution in [0.15, 0.2) is 94.6 Å². The monoisotopic (exact) mass is 720 g/mol. The third-order valence-electron chi connectivity index (χ3n) is 7.22. The molecule has 0 fully saturated rings. The van der Waals surface area contributed by atoms with Gasteiger partial charge >= 0.3 is 5.97 Å². The van der Waals surface area contributed by atoms with Gasteiger partial charge in [-0.15, -0.1) is 0 Å². The highest BCUT2D eigenvalue weighted by atomic mass is 35.5. The normalized spacial score (nSPS) is 11.1. The Bertz CT molecular complexity index is 1860. The van der Waals surface area contributed by atoms with E-state index < -0.39 is 5.97 Å². The highest BCUT2D eigenvalue weighted by molar-refractivity contribution is 6.32. The van der Waals surface area contributed by atoms with Gasteiger partial charge in [-0.05, 0) is 83.3 Å². The van der Waals surface area contributed by atoms with E-state index in [2.05, 4.69) is 55.1 Å². The van der Waals surface area contributed by atoms with E-state index >= 15 is 0 Å². The van der Waals surface area contributed by atoms with E-state index in [1.807, 2.05) is 30.3 Å². The second kappa shape index (κ2) is 19.4. The van der Waals surface area contributed by atoms with Gasteiger partial charge in [-0.3, -0.25) is 0 Å². The summed E-state index contributed by atoms with van der Waals surface area (Å²) < 4.78 is 5.37. The quantitative estimate of drug-likeness (QED) is 0.0411. The number of hydrogen-bond acceptors (Lipinski definition) is 8. The number of amidine groups is 1. The summed E-state index contributed by atoms with van der Waals surface area (Å²) in [6, 6.07) is 25.3. The number of carbonyl (C=O) groups is 1. The van der Waals surface area contributed by atoms with Gasteiger partial charge in [0.25, 0.3) is 5.89 Å². The van der Waals surface area contributed by atoms with Crippen molar-refractivity contribution in [2.45, 2.75) is 53.8 Å². The Morgan fingerprint density at radius 1 is 0.760 bits per heavy atom. The smallest absolute Gasteiger partial charge is 0.335 e. The number of benzene rings is 4. The fraction of sp³-hybridized carbons (Fsp3) is 0.263. The molecule has 4 aromatic carbocycles. The minimum absolute atomic E-state index is 0.00797.